The van der Waals surface area contributed by atoms with Crippen LogP contribution in [0.15, 0.2) is 12.1 Å². The quantitative estimate of drug-likeness (QED) is 0.829. The number of nitrogens with zero attached hydrogens (tertiary/aromatic N) is 1. The van der Waals surface area contributed by atoms with Crippen molar-refractivity contribution in [1.82, 2.24) is 4.90 Å². The predicted molar refractivity (Wildman–Crippen MR) is 89.8 cm³/mol. The average molecular weight is 339 g/mol. The first-order valence-corrected chi connectivity index (χ1v) is 8.84. The highest BCUT2D eigenvalue weighted by atomic mass is 32.1. The van der Waals surface area contributed by atoms with Crippen LogP contribution in [-0.2, 0) is 20.7 Å². The molecule has 0 saturated carbocycles. The van der Waals surface area contributed by atoms with Gasteiger partial charge in [-0.15, -0.1) is 11.3 Å². The molecule has 0 spiro atoms. The molecule has 1 aromatic heterocycles. The van der Waals surface area contributed by atoms with Crippen molar-refractivity contribution in [2.75, 3.05) is 26.8 Å². The highest BCUT2D eigenvalue weighted by molar-refractivity contribution is 7.11. The third-order valence-corrected chi connectivity index (χ3v) is 5.47. The Balaban J connectivity index is 1.87. The Bertz CT molecular complexity index is 553. The fourth-order valence-corrected chi connectivity index (χ4v) is 4.10. The number of hydrogen-bond acceptors (Lipinski definition) is 4. The largest absolute Gasteiger partial charge is 0.481 e. The molecule has 0 aromatic carbocycles. The summed E-state index contributed by atoms with van der Waals surface area (Å²) in [6.45, 7) is 3.14. The van der Waals surface area contributed by atoms with E-state index in [1.807, 2.05) is 0 Å². The predicted octanol–water partition coefficient (Wildman–Crippen LogP) is 2.72. The lowest BCUT2D eigenvalue weighted by atomic mass is 9.80. The highest BCUT2D eigenvalue weighted by Crippen LogP contribution is 2.31. The van der Waals surface area contributed by atoms with Gasteiger partial charge < -0.3 is 14.7 Å². The summed E-state index contributed by atoms with van der Waals surface area (Å²) in [6.07, 6.45) is 3.46. The number of carbonyl (C=O) groups excluding carboxylic acids is 1. The molecule has 1 saturated heterocycles. The van der Waals surface area contributed by atoms with Gasteiger partial charge in [0.2, 0.25) is 5.91 Å². The second-order valence-corrected chi connectivity index (χ2v) is 7.68. The van der Waals surface area contributed by atoms with E-state index in [9.17, 15) is 14.7 Å². The number of methoxy groups -OCH3 is 1. The second kappa shape index (κ2) is 7.93. The molecule has 2 rings (SSSR count). The SMILES string of the molecule is COCC1(C(=O)O)CCCN(C(=O)CCCc2ccc(C)s2)C1. The zero-order valence-electron chi connectivity index (χ0n) is 13.8. The van der Waals surface area contributed by atoms with Crippen molar-refractivity contribution in [1.29, 1.82) is 0 Å². The van der Waals surface area contributed by atoms with Crippen molar-refractivity contribution in [3.05, 3.63) is 21.9 Å². The first-order valence-electron chi connectivity index (χ1n) is 8.02. The third-order valence-electron chi connectivity index (χ3n) is 4.41. The number of rotatable bonds is 7. The van der Waals surface area contributed by atoms with E-state index < -0.39 is 11.4 Å². The third kappa shape index (κ3) is 4.54. The fraction of sp³-hybridized carbons (Fsp3) is 0.647. The second-order valence-electron chi connectivity index (χ2n) is 6.30. The number of carboxylic acids is 1. The number of piperidine rings is 1. The summed E-state index contributed by atoms with van der Waals surface area (Å²) in [4.78, 5) is 28.3. The van der Waals surface area contributed by atoms with E-state index in [0.717, 1.165) is 12.8 Å². The van der Waals surface area contributed by atoms with Gasteiger partial charge >= 0.3 is 5.97 Å². The van der Waals surface area contributed by atoms with Gasteiger partial charge in [0.25, 0.3) is 0 Å². The van der Waals surface area contributed by atoms with E-state index in [-0.39, 0.29) is 19.1 Å². The topological polar surface area (TPSA) is 66.8 Å². The average Bonchev–Trinajstić information content (AvgIpc) is 2.93. The molecule has 1 N–H and O–H groups in total. The number of hydrogen-bond donors (Lipinski definition) is 1. The van der Waals surface area contributed by atoms with E-state index in [2.05, 4.69) is 19.1 Å². The van der Waals surface area contributed by atoms with E-state index in [0.29, 0.717) is 25.8 Å². The summed E-state index contributed by atoms with van der Waals surface area (Å²) in [6, 6.07) is 4.21. The minimum Gasteiger partial charge on any atom is -0.481 e. The maximum Gasteiger partial charge on any atom is 0.313 e. The summed E-state index contributed by atoms with van der Waals surface area (Å²) in [5, 5.41) is 9.53. The molecule has 1 aromatic rings. The van der Waals surface area contributed by atoms with Crippen molar-refractivity contribution in [2.45, 2.75) is 39.0 Å². The first kappa shape index (κ1) is 17.9. The minimum atomic E-state index is -0.951. The summed E-state index contributed by atoms with van der Waals surface area (Å²) < 4.78 is 5.10. The number of aliphatic carboxylic acids is 1. The molecule has 2 heterocycles. The lowest BCUT2D eigenvalue weighted by Gasteiger charge is -2.39. The molecule has 6 heteroatoms. The van der Waals surface area contributed by atoms with Gasteiger partial charge in [-0.05, 0) is 44.7 Å². The molecule has 23 heavy (non-hydrogen) atoms. The molecule has 1 unspecified atom stereocenters. The molecule has 1 fully saturated rings. The summed E-state index contributed by atoms with van der Waals surface area (Å²) in [7, 11) is 1.51. The van der Waals surface area contributed by atoms with Crippen LogP contribution in [0.1, 0.15) is 35.4 Å². The summed E-state index contributed by atoms with van der Waals surface area (Å²) in [5.74, 6) is -0.814. The number of carboxylic acid groups (broad SMARTS) is 1. The van der Waals surface area contributed by atoms with Crippen LogP contribution in [0.2, 0.25) is 0 Å². The van der Waals surface area contributed by atoms with Crippen molar-refractivity contribution < 1.29 is 19.4 Å². The van der Waals surface area contributed by atoms with Crippen LogP contribution >= 0.6 is 11.3 Å². The van der Waals surface area contributed by atoms with Crippen LogP contribution in [0.4, 0.5) is 0 Å². The van der Waals surface area contributed by atoms with Crippen LogP contribution in [-0.4, -0.2) is 48.7 Å². The van der Waals surface area contributed by atoms with Crippen molar-refractivity contribution in [2.24, 2.45) is 5.41 Å². The zero-order valence-corrected chi connectivity index (χ0v) is 14.7. The first-order chi connectivity index (χ1) is 11.0. The molecule has 128 valence electrons. The number of aryl methyl sites for hydroxylation is 2. The molecule has 0 bridgehead atoms. The van der Waals surface area contributed by atoms with Gasteiger partial charge in [0.15, 0.2) is 0 Å². The van der Waals surface area contributed by atoms with Crippen molar-refractivity contribution in [3.63, 3.8) is 0 Å². The Morgan fingerprint density at radius 3 is 2.83 bits per heavy atom. The van der Waals surface area contributed by atoms with Crippen molar-refractivity contribution in [3.8, 4) is 0 Å². The van der Waals surface area contributed by atoms with Crippen LogP contribution in [0, 0.1) is 12.3 Å². The molecule has 0 radical (unpaired) electrons. The number of ether oxygens (including phenoxy) is 1. The molecule has 0 aliphatic carbocycles. The van der Waals surface area contributed by atoms with Gasteiger partial charge in [-0.1, -0.05) is 0 Å². The lowest BCUT2D eigenvalue weighted by Crippen LogP contribution is -2.52. The van der Waals surface area contributed by atoms with E-state index in [4.69, 9.17) is 4.74 Å². The van der Waals surface area contributed by atoms with Gasteiger partial charge in [0, 0.05) is 36.4 Å². The van der Waals surface area contributed by atoms with Crippen LogP contribution < -0.4 is 0 Å². The van der Waals surface area contributed by atoms with Crippen LogP contribution in [0.25, 0.3) is 0 Å². The van der Waals surface area contributed by atoms with Crippen LogP contribution in [0.3, 0.4) is 0 Å². The standard InChI is InChI=1S/C17H25NO4S/c1-13-7-8-14(23-13)5-3-6-15(19)18-10-4-9-17(11-18,12-22-2)16(20)21/h7-8H,3-6,9-12H2,1-2H3,(H,20,21). The Morgan fingerprint density at radius 2 is 2.22 bits per heavy atom. The van der Waals surface area contributed by atoms with E-state index >= 15 is 0 Å². The maximum absolute atomic E-state index is 12.4. The number of thiophene rings is 1. The highest BCUT2D eigenvalue weighted by Gasteiger charge is 2.43. The summed E-state index contributed by atoms with van der Waals surface area (Å²) in [5.41, 5.74) is -0.951. The minimum absolute atomic E-state index is 0.0553. The van der Waals surface area contributed by atoms with Gasteiger partial charge in [0.05, 0.1) is 6.61 Å². The number of amides is 1. The van der Waals surface area contributed by atoms with Crippen LogP contribution in [0.5, 0.6) is 0 Å². The summed E-state index contributed by atoms with van der Waals surface area (Å²) >= 11 is 1.77. The van der Waals surface area contributed by atoms with Gasteiger partial charge in [-0.2, -0.15) is 0 Å². The Labute approximate surface area is 141 Å². The number of likely N-dealkylation sites (tertiary alicyclic amines) is 1. The molecule has 1 aliphatic heterocycles. The smallest absolute Gasteiger partial charge is 0.313 e. The Kier molecular flexibility index (Phi) is 6.18. The lowest BCUT2D eigenvalue weighted by molar-refractivity contribution is -0.159. The molecular formula is C17H25NO4S. The van der Waals surface area contributed by atoms with E-state index in [1.165, 1.54) is 16.9 Å². The van der Waals surface area contributed by atoms with Gasteiger partial charge in [-0.3, -0.25) is 9.59 Å². The Morgan fingerprint density at radius 1 is 1.43 bits per heavy atom. The van der Waals surface area contributed by atoms with Crippen molar-refractivity contribution >= 4 is 23.2 Å². The zero-order chi connectivity index (χ0) is 16.9. The monoisotopic (exact) mass is 339 g/mol. The van der Waals surface area contributed by atoms with Gasteiger partial charge in [-0.25, -0.2) is 0 Å². The molecule has 1 amide bonds. The van der Waals surface area contributed by atoms with Gasteiger partial charge in [0.1, 0.15) is 5.41 Å². The molecule has 1 atom stereocenters. The Hall–Kier alpha value is -1.40. The van der Waals surface area contributed by atoms with E-state index in [1.54, 1.807) is 16.2 Å². The maximum atomic E-state index is 12.4. The molecule has 5 nitrogen and oxygen atoms in total. The number of carbonyl (C=O) groups is 2. The molecular weight excluding hydrogens is 314 g/mol. The normalized spacial score (nSPS) is 21.4. The molecule has 1 aliphatic rings. The fourth-order valence-electron chi connectivity index (χ4n) is 3.17.